The molecule has 0 aliphatic carbocycles. The maximum absolute atomic E-state index is 11.6. The Kier molecular flexibility index (Phi) is 3.12. The van der Waals surface area contributed by atoms with Gasteiger partial charge < -0.3 is 9.73 Å². The predicted molar refractivity (Wildman–Crippen MR) is 60.9 cm³/mol. The summed E-state index contributed by atoms with van der Waals surface area (Å²) in [7, 11) is 0. The van der Waals surface area contributed by atoms with Gasteiger partial charge in [0.25, 0.3) is 5.91 Å². The number of rotatable bonds is 2. The summed E-state index contributed by atoms with van der Waals surface area (Å²) in [5, 5.41) is 3.06. The molecular weight excluding hydrogens is 251 g/mol. The van der Waals surface area contributed by atoms with Gasteiger partial charge in [-0.3, -0.25) is 4.79 Å². The fraction of sp³-hybridized carbons (Fsp3) is 0. The number of furan rings is 1. The van der Waals surface area contributed by atoms with Crippen LogP contribution in [0, 0.1) is 0 Å². The lowest BCUT2D eigenvalue weighted by molar-refractivity contribution is 0.0997. The molecule has 0 spiro atoms. The van der Waals surface area contributed by atoms with Gasteiger partial charge in [0.2, 0.25) is 0 Å². The van der Waals surface area contributed by atoms with Crippen LogP contribution in [0.2, 0.25) is 10.4 Å². The number of hydrogen-bond donors (Lipinski definition) is 1. The first-order valence-corrected chi connectivity index (χ1v) is 5.09. The quantitative estimate of drug-likeness (QED) is 0.840. The van der Waals surface area contributed by atoms with Crippen molar-refractivity contribution in [1.82, 2.24) is 4.98 Å². The number of hydrogen-bond acceptors (Lipinski definition) is 3. The minimum Gasteiger partial charge on any atom is -0.440 e. The van der Waals surface area contributed by atoms with Gasteiger partial charge in [-0.1, -0.05) is 11.6 Å². The van der Waals surface area contributed by atoms with E-state index in [4.69, 9.17) is 27.6 Å². The fourth-order valence-electron chi connectivity index (χ4n) is 1.11. The molecule has 0 bridgehead atoms. The Morgan fingerprint density at radius 1 is 1.31 bits per heavy atom. The molecule has 0 saturated carbocycles. The highest BCUT2D eigenvalue weighted by Crippen LogP contribution is 2.16. The van der Waals surface area contributed by atoms with Crippen molar-refractivity contribution in [1.29, 1.82) is 0 Å². The van der Waals surface area contributed by atoms with E-state index in [2.05, 4.69) is 10.3 Å². The Labute approximate surface area is 101 Å². The van der Waals surface area contributed by atoms with E-state index in [1.165, 1.54) is 24.4 Å². The van der Waals surface area contributed by atoms with E-state index in [1.54, 1.807) is 6.07 Å². The van der Waals surface area contributed by atoms with Gasteiger partial charge in [0.1, 0.15) is 5.15 Å². The molecular formula is C10H6Cl2N2O2. The number of amides is 1. The van der Waals surface area contributed by atoms with Crippen molar-refractivity contribution in [3.8, 4) is 0 Å². The second-order valence-corrected chi connectivity index (χ2v) is 3.68. The minimum atomic E-state index is -0.394. The number of halogens is 2. The van der Waals surface area contributed by atoms with Gasteiger partial charge >= 0.3 is 0 Å². The zero-order chi connectivity index (χ0) is 11.5. The van der Waals surface area contributed by atoms with Gasteiger partial charge in [-0.2, -0.15) is 0 Å². The zero-order valence-electron chi connectivity index (χ0n) is 7.91. The molecule has 1 N–H and O–H groups in total. The Morgan fingerprint density at radius 2 is 2.12 bits per heavy atom. The summed E-state index contributed by atoms with van der Waals surface area (Å²) in [5.41, 5.74) is 0.539. The van der Waals surface area contributed by atoms with Gasteiger partial charge in [0.05, 0.1) is 0 Å². The maximum atomic E-state index is 11.6. The molecule has 2 aromatic heterocycles. The van der Waals surface area contributed by atoms with Crippen LogP contribution in [0.4, 0.5) is 5.69 Å². The number of carbonyl (C=O) groups excluding carboxylic acids is 1. The van der Waals surface area contributed by atoms with Crippen LogP contribution in [-0.2, 0) is 0 Å². The first-order chi connectivity index (χ1) is 7.65. The molecule has 0 aliphatic heterocycles. The molecule has 4 nitrogen and oxygen atoms in total. The van der Waals surface area contributed by atoms with E-state index in [9.17, 15) is 4.79 Å². The smallest absolute Gasteiger partial charge is 0.291 e. The second kappa shape index (κ2) is 4.55. The molecule has 0 radical (unpaired) electrons. The van der Waals surface area contributed by atoms with Gasteiger partial charge in [0, 0.05) is 11.9 Å². The van der Waals surface area contributed by atoms with Crippen LogP contribution in [0.15, 0.2) is 34.9 Å². The van der Waals surface area contributed by atoms with E-state index in [-0.39, 0.29) is 11.0 Å². The zero-order valence-corrected chi connectivity index (χ0v) is 9.42. The Bertz CT molecular complexity index is 525. The van der Waals surface area contributed by atoms with Gasteiger partial charge in [-0.15, -0.1) is 0 Å². The molecule has 2 heterocycles. The van der Waals surface area contributed by atoms with E-state index in [0.717, 1.165) is 0 Å². The monoisotopic (exact) mass is 256 g/mol. The predicted octanol–water partition coefficient (Wildman–Crippen LogP) is 3.23. The summed E-state index contributed by atoms with van der Waals surface area (Å²) in [5.74, 6) is -0.257. The van der Waals surface area contributed by atoms with Crippen LogP contribution in [0.3, 0.4) is 0 Å². The molecule has 6 heteroatoms. The molecule has 0 aliphatic rings. The average Bonchev–Trinajstić information content (AvgIpc) is 2.65. The van der Waals surface area contributed by atoms with E-state index < -0.39 is 5.91 Å². The van der Waals surface area contributed by atoms with Crippen molar-refractivity contribution in [2.45, 2.75) is 0 Å². The number of aromatic nitrogens is 1. The lowest BCUT2D eigenvalue weighted by atomic mass is 10.3. The molecule has 0 fully saturated rings. The number of carbonyl (C=O) groups is 1. The summed E-state index contributed by atoms with van der Waals surface area (Å²) in [6, 6.07) is 6.13. The summed E-state index contributed by atoms with van der Waals surface area (Å²) in [6.07, 6.45) is 1.49. The molecule has 2 aromatic rings. The molecule has 1 amide bonds. The minimum absolute atomic E-state index is 0.137. The summed E-state index contributed by atoms with van der Waals surface area (Å²) in [4.78, 5) is 15.4. The molecule has 0 aromatic carbocycles. The fourth-order valence-corrected chi connectivity index (χ4v) is 1.43. The van der Waals surface area contributed by atoms with Crippen molar-refractivity contribution in [3.63, 3.8) is 0 Å². The van der Waals surface area contributed by atoms with Crippen LogP contribution in [-0.4, -0.2) is 10.9 Å². The number of nitrogens with one attached hydrogen (secondary N) is 1. The Hall–Kier alpha value is -1.52. The third-order valence-electron chi connectivity index (χ3n) is 1.78. The average molecular weight is 257 g/mol. The molecule has 16 heavy (non-hydrogen) atoms. The molecule has 2 rings (SSSR count). The highest BCUT2D eigenvalue weighted by molar-refractivity contribution is 6.30. The van der Waals surface area contributed by atoms with Gasteiger partial charge in [-0.05, 0) is 35.9 Å². The van der Waals surface area contributed by atoms with Crippen molar-refractivity contribution in [3.05, 3.63) is 46.6 Å². The van der Waals surface area contributed by atoms with Crippen molar-refractivity contribution in [2.75, 3.05) is 5.32 Å². The second-order valence-electron chi connectivity index (χ2n) is 2.93. The largest absolute Gasteiger partial charge is 0.440 e. The Morgan fingerprint density at radius 3 is 2.75 bits per heavy atom. The number of nitrogens with zero attached hydrogens (tertiary/aromatic N) is 1. The van der Waals surface area contributed by atoms with E-state index in [1.807, 2.05) is 0 Å². The summed E-state index contributed by atoms with van der Waals surface area (Å²) >= 11 is 11.2. The molecule has 82 valence electrons. The Balaban J connectivity index is 2.13. The highest BCUT2D eigenvalue weighted by Gasteiger charge is 2.10. The first kappa shape index (κ1) is 11.0. The first-order valence-electron chi connectivity index (χ1n) is 4.33. The SMILES string of the molecule is O=C(Nc1ccnc(Cl)c1)c1ccc(Cl)o1. The lowest BCUT2D eigenvalue weighted by Gasteiger charge is -2.02. The van der Waals surface area contributed by atoms with Gasteiger partial charge in [0.15, 0.2) is 11.0 Å². The normalized spacial score (nSPS) is 10.1. The van der Waals surface area contributed by atoms with Crippen molar-refractivity contribution < 1.29 is 9.21 Å². The summed E-state index contributed by atoms with van der Waals surface area (Å²) < 4.78 is 4.95. The third-order valence-corrected chi connectivity index (χ3v) is 2.19. The van der Waals surface area contributed by atoms with Crippen molar-refractivity contribution >= 4 is 34.8 Å². The van der Waals surface area contributed by atoms with Crippen LogP contribution < -0.4 is 5.32 Å². The van der Waals surface area contributed by atoms with Crippen LogP contribution >= 0.6 is 23.2 Å². The molecule has 0 unspecified atom stereocenters. The van der Waals surface area contributed by atoms with E-state index >= 15 is 0 Å². The summed E-state index contributed by atoms with van der Waals surface area (Å²) in [6.45, 7) is 0. The lowest BCUT2D eigenvalue weighted by Crippen LogP contribution is -2.10. The van der Waals surface area contributed by atoms with Crippen LogP contribution in [0.25, 0.3) is 0 Å². The highest BCUT2D eigenvalue weighted by atomic mass is 35.5. The third kappa shape index (κ3) is 2.53. The topological polar surface area (TPSA) is 55.1 Å². The van der Waals surface area contributed by atoms with Gasteiger partial charge in [-0.25, -0.2) is 4.98 Å². The van der Waals surface area contributed by atoms with Crippen LogP contribution in [0.1, 0.15) is 10.6 Å². The molecule has 0 atom stereocenters. The molecule has 0 saturated heterocycles. The standard InChI is InChI=1S/C10H6Cl2N2O2/c11-8-5-6(3-4-13-8)14-10(15)7-1-2-9(12)16-7/h1-5H,(H,13,14,15). The number of anilines is 1. The maximum Gasteiger partial charge on any atom is 0.291 e. The van der Waals surface area contributed by atoms with Crippen LogP contribution in [0.5, 0.6) is 0 Å². The van der Waals surface area contributed by atoms with E-state index in [0.29, 0.717) is 10.8 Å². The number of pyridine rings is 1. The van der Waals surface area contributed by atoms with Crippen molar-refractivity contribution in [2.24, 2.45) is 0 Å².